The van der Waals surface area contributed by atoms with Crippen molar-refractivity contribution in [3.63, 3.8) is 0 Å². The summed E-state index contributed by atoms with van der Waals surface area (Å²) in [7, 11) is -3.62. The Morgan fingerprint density at radius 1 is 0.968 bits per heavy atom. The summed E-state index contributed by atoms with van der Waals surface area (Å²) in [5.41, 5.74) is 0.707. The van der Waals surface area contributed by atoms with Crippen LogP contribution in [0.2, 0.25) is 0 Å². The molecule has 0 spiro atoms. The average molecular weight is 460 g/mol. The molecule has 0 bridgehead atoms. The third-order valence-electron chi connectivity index (χ3n) is 5.48. The van der Waals surface area contributed by atoms with E-state index >= 15 is 0 Å². The molecule has 2 atom stereocenters. The molecule has 2 aromatic carbocycles. The lowest BCUT2D eigenvalue weighted by molar-refractivity contribution is -0.0297. The molecule has 0 amide bonds. The molecule has 176 valence electrons. The molecule has 1 aliphatic rings. The monoisotopic (exact) mass is 459 g/mol. The zero-order valence-corrected chi connectivity index (χ0v) is 18.5. The van der Waals surface area contributed by atoms with Crippen molar-refractivity contribution in [1.29, 1.82) is 0 Å². The lowest BCUT2D eigenvalue weighted by Crippen LogP contribution is -2.49. The molecule has 2 unspecified atom stereocenters. The van der Waals surface area contributed by atoms with Crippen molar-refractivity contribution in [2.24, 2.45) is 0 Å². The van der Waals surface area contributed by atoms with Gasteiger partial charge in [0.05, 0.1) is 12.4 Å². The van der Waals surface area contributed by atoms with Crippen LogP contribution in [0.1, 0.15) is 37.0 Å². The van der Waals surface area contributed by atoms with Gasteiger partial charge >= 0.3 is 0 Å². The molecular formula is C21H33NO8S. The van der Waals surface area contributed by atoms with E-state index in [0.29, 0.717) is 25.9 Å². The minimum absolute atomic E-state index is 0. The molecule has 8 N–H and O–H groups in total. The van der Waals surface area contributed by atoms with Gasteiger partial charge in [-0.25, -0.2) is 0 Å². The first-order valence-electron chi connectivity index (χ1n) is 9.37. The van der Waals surface area contributed by atoms with Gasteiger partial charge in [0.2, 0.25) is 0 Å². The summed E-state index contributed by atoms with van der Waals surface area (Å²) in [6, 6.07) is 15.8. The molecule has 0 radical (unpaired) electrons. The molecule has 3 rings (SSSR count). The fourth-order valence-corrected chi connectivity index (χ4v) is 4.74. The van der Waals surface area contributed by atoms with Gasteiger partial charge in [0.1, 0.15) is 11.4 Å². The smallest absolute Gasteiger partial charge is 0.265 e. The van der Waals surface area contributed by atoms with E-state index in [0.717, 1.165) is 17.4 Å². The summed E-state index contributed by atoms with van der Waals surface area (Å²) < 4.78 is 29.4. The van der Waals surface area contributed by atoms with Crippen LogP contribution in [-0.2, 0) is 19.9 Å². The normalized spacial score (nSPS) is 17.9. The number of phenols is 1. The zero-order chi connectivity index (χ0) is 20.4. The molecular weight excluding hydrogens is 426 g/mol. The Morgan fingerprint density at radius 3 is 1.97 bits per heavy atom. The lowest BCUT2D eigenvalue weighted by Gasteiger charge is -2.44. The highest BCUT2D eigenvalue weighted by Gasteiger charge is 2.41. The largest absolute Gasteiger partial charge is 0.508 e. The van der Waals surface area contributed by atoms with Crippen LogP contribution in [-0.4, -0.2) is 65.3 Å². The SMILES string of the molecule is CC(C(O)c1ccc(O)cc1)N1CCC(OS(C)(=O)=O)(c2ccccc2)CC1.O.O.O. The van der Waals surface area contributed by atoms with Crippen molar-refractivity contribution in [1.82, 2.24) is 4.90 Å². The van der Waals surface area contributed by atoms with E-state index < -0.39 is 21.8 Å². The highest BCUT2D eigenvalue weighted by Crippen LogP contribution is 2.39. The minimum Gasteiger partial charge on any atom is -0.508 e. The van der Waals surface area contributed by atoms with Gasteiger partial charge in [-0.1, -0.05) is 42.5 Å². The Bertz CT molecular complexity index is 881. The number of aliphatic hydroxyl groups excluding tert-OH is 1. The summed E-state index contributed by atoms with van der Waals surface area (Å²) in [6.45, 7) is 3.14. The molecule has 1 saturated heterocycles. The Morgan fingerprint density at radius 2 is 1.48 bits per heavy atom. The van der Waals surface area contributed by atoms with Crippen molar-refractivity contribution in [3.8, 4) is 5.75 Å². The van der Waals surface area contributed by atoms with Gasteiger partial charge in [-0.3, -0.25) is 9.08 Å². The molecule has 1 aliphatic heterocycles. The molecule has 1 heterocycles. The molecule has 0 aliphatic carbocycles. The van der Waals surface area contributed by atoms with Gasteiger partial charge in [0.25, 0.3) is 10.1 Å². The predicted octanol–water partition coefficient (Wildman–Crippen LogP) is 0.307. The second kappa shape index (κ2) is 11.5. The minimum atomic E-state index is -3.62. The number of hydrogen-bond donors (Lipinski definition) is 2. The first kappa shape index (κ1) is 28.9. The number of aromatic hydroxyl groups is 1. The van der Waals surface area contributed by atoms with Crippen molar-refractivity contribution < 1.29 is 39.2 Å². The van der Waals surface area contributed by atoms with Gasteiger partial charge in [0.15, 0.2) is 0 Å². The van der Waals surface area contributed by atoms with Gasteiger partial charge in [-0.15, -0.1) is 0 Å². The summed E-state index contributed by atoms with van der Waals surface area (Å²) in [6.07, 6.45) is 1.40. The number of benzene rings is 2. The summed E-state index contributed by atoms with van der Waals surface area (Å²) in [5.74, 6) is 0.159. The number of likely N-dealkylation sites (tertiary alicyclic amines) is 1. The average Bonchev–Trinajstić information content (AvgIpc) is 2.67. The first-order chi connectivity index (χ1) is 13.2. The standard InChI is InChI=1S/C21H27NO5S.3H2O/c1-16(20(24)17-8-10-19(23)11-9-17)22-14-12-21(13-15-22,27-28(2,25)26)18-6-4-3-5-7-18;;;/h3-11,16,20,23-24H,12-15H2,1-2H3;3*1H2. The van der Waals surface area contributed by atoms with E-state index in [1.807, 2.05) is 37.3 Å². The number of aliphatic hydroxyl groups is 1. The van der Waals surface area contributed by atoms with Crippen LogP contribution >= 0.6 is 0 Å². The van der Waals surface area contributed by atoms with E-state index in [1.165, 1.54) is 0 Å². The highest BCUT2D eigenvalue weighted by atomic mass is 32.2. The number of hydrogen-bond acceptors (Lipinski definition) is 6. The molecule has 9 nitrogen and oxygen atoms in total. The van der Waals surface area contributed by atoms with Crippen LogP contribution in [0.25, 0.3) is 0 Å². The van der Waals surface area contributed by atoms with Crippen molar-refractivity contribution in [3.05, 3.63) is 65.7 Å². The Labute approximate surface area is 183 Å². The number of rotatable bonds is 6. The summed E-state index contributed by atoms with van der Waals surface area (Å²) >= 11 is 0. The van der Waals surface area contributed by atoms with E-state index in [1.54, 1.807) is 24.3 Å². The van der Waals surface area contributed by atoms with E-state index in [-0.39, 0.29) is 28.2 Å². The van der Waals surface area contributed by atoms with Crippen molar-refractivity contribution in [2.45, 2.75) is 37.5 Å². The Kier molecular flexibility index (Phi) is 10.8. The molecule has 2 aromatic rings. The molecule has 10 heteroatoms. The van der Waals surface area contributed by atoms with E-state index in [9.17, 15) is 18.6 Å². The fourth-order valence-electron chi connectivity index (χ4n) is 3.89. The zero-order valence-electron chi connectivity index (χ0n) is 17.7. The summed E-state index contributed by atoms with van der Waals surface area (Å²) in [5, 5.41) is 20.1. The number of piperidine rings is 1. The van der Waals surface area contributed by atoms with Gasteiger partial charge in [-0.05, 0) is 43.0 Å². The van der Waals surface area contributed by atoms with Crippen LogP contribution in [0.4, 0.5) is 0 Å². The molecule has 0 saturated carbocycles. The third kappa shape index (κ3) is 6.97. The van der Waals surface area contributed by atoms with Crippen molar-refractivity contribution in [2.75, 3.05) is 19.3 Å². The van der Waals surface area contributed by atoms with E-state index in [4.69, 9.17) is 4.18 Å². The molecule has 0 aromatic heterocycles. The topological polar surface area (TPSA) is 182 Å². The van der Waals surface area contributed by atoms with Gasteiger partial charge in [-0.2, -0.15) is 8.42 Å². The van der Waals surface area contributed by atoms with Crippen LogP contribution in [0, 0.1) is 0 Å². The maximum Gasteiger partial charge on any atom is 0.265 e. The number of nitrogens with zero attached hydrogens (tertiary/aromatic N) is 1. The Balaban J connectivity index is 0.00000300. The van der Waals surface area contributed by atoms with Crippen LogP contribution in [0.15, 0.2) is 54.6 Å². The van der Waals surface area contributed by atoms with E-state index in [2.05, 4.69) is 4.90 Å². The highest BCUT2D eigenvalue weighted by molar-refractivity contribution is 7.86. The van der Waals surface area contributed by atoms with Crippen molar-refractivity contribution >= 4 is 10.1 Å². The maximum absolute atomic E-state index is 11.9. The van der Waals surface area contributed by atoms with Crippen LogP contribution < -0.4 is 0 Å². The third-order valence-corrected chi connectivity index (χ3v) is 6.11. The predicted molar refractivity (Wildman–Crippen MR) is 118 cm³/mol. The second-order valence-electron chi connectivity index (χ2n) is 7.46. The first-order valence-corrected chi connectivity index (χ1v) is 11.2. The fraction of sp³-hybridized carbons (Fsp3) is 0.429. The molecule has 31 heavy (non-hydrogen) atoms. The molecule has 1 fully saturated rings. The Hall–Kier alpha value is -2.05. The quantitative estimate of drug-likeness (QED) is 0.586. The van der Waals surface area contributed by atoms with Crippen LogP contribution in [0.5, 0.6) is 5.75 Å². The van der Waals surface area contributed by atoms with Crippen LogP contribution in [0.3, 0.4) is 0 Å². The second-order valence-corrected chi connectivity index (χ2v) is 9.04. The van der Waals surface area contributed by atoms with Gasteiger partial charge < -0.3 is 26.6 Å². The lowest BCUT2D eigenvalue weighted by atomic mass is 9.83. The maximum atomic E-state index is 11.9. The summed E-state index contributed by atoms with van der Waals surface area (Å²) in [4.78, 5) is 2.14. The van der Waals surface area contributed by atoms with Gasteiger partial charge in [0, 0.05) is 19.1 Å². The number of phenolic OH excluding ortho intramolecular Hbond substituents is 1.